The second-order valence-electron chi connectivity index (χ2n) is 3.38. The van der Waals surface area contributed by atoms with E-state index in [9.17, 15) is 8.78 Å². The number of anilines is 1. The fourth-order valence-electron chi connectivity index (χ4n) is 1.53. The van der Waals surface area contributed by atoms with Crippen LogP contribution in [0.4, 0.5) is 14.6 Å². The van der Waals surface area contributed by atoms with Gasteiger partial charge >= 0.3 is 0 Å². The molecule has 7 heteroatoms. The maximum absolute atomic E-state index is 12.4. The topological polar surface area (TPSA) is 49.2 Å². The van der Waals surface area contributed by atoms with Gasteiger partial charge in [0, 0.05) is 12.1 Å². The molecule has 0 aliphatic carbocycles. The predicted molar refractivity (Wildman–Crippen MR) is 61.7 cm³/mol. The van der Waals surface area contributed by atoms with Crippen LogP contribution in [-0.4, -0.2) is 41.2 Å². The van der Waals surface area contributed by atoms with Gasteiger partial charge in [0.1, 0.15) is 17.3 Å². The molecule has 17 heavy (non-hydrogen) atoms. The van der Waals surface area contributed by atoms with Crippen LogP contribution in [0, 0.1) is 0 Å². The van der Waals surface area contributed by atoms with E-state index in [2.05, 4.69) is 9.97 Å². The first-order valence-electron chi connectivity index (χ1n) is 5.23. The molecular weight excluding hydrogens is 252 g/mol. The van der Waals surface area contributed by atoms with Gasteiger partial charge in [-0.25, -0.2) is 18.7 Å². The van der Waals surface area contributed by atoms with Crippen molar-refractivity contribution in [3.8, 4) is 0 Å². The van der Waals surface area contributed by atoms with E-state index in [0.717, 1.165) is 0 Å². The average Bonchev–Trinajstić information content (AvgIpc) is 2.27. The zero-order valence-corrected chi connectivity index (χ0v) is 10.2. The van der Waals surface area contributed by atoms with Crippen molar-refractivity contribution >= 4 is 17.4 Å². The molecule has 0 fully saturated rings. The van der Waals surface area contributed by atoms with Gasteiger partial charge in [0.2, 0.25) is 0 Å². The summed E-state index contributed by atoms with van der Waals surface area (Å²) in [5, 5.41) is 9.14. The Kier molecular flexibility index (Phi) is 5.50. The van der Waals surface area contributed by atoms with Gasteiger partial charge in [0.25, 0.3) is 6.43 Å². The molecule has 0 aliphatic rings. The highest BCUT2D eigenvalue weighted by molar-refractivity contribution is 6.30. The van der Waals surface area contributed by atoms with Crippen molar-refractivity contribution in [2.75, 3.05) is 24.6 Å². The van der Waals surface area contributed by atoms with Crippen LogP contribution in [0.3, 0.4) is 0 Å². The number of aliphatic hydroxyl groups is 1. The Hall–Kier alpha value is -1.01. The number of alkyl halides is 2. The Morgan fingerprint density at radius 1 is 1.47 bits per heavy atom. The minimum Gasteiger partial charge on any atom is -0.395 e. The Balaban J connectivity index is 3.04. The van der Waals surface area contributed by atoms with Crippen LogP contribution in [0.2, 0.25) is 5.15 Å². The summed E-state index contributed by atoms with van der Waals surface area (Å²) in [6.45, 7) is 1.22. The number of hydrogen-bond donors (Lipinski definition) is 1. The molecule has 1 aromatic heterocycles. The molecule has 4 nitrogen and oxygen atoms in total. The van der Waals surface area contributed by atoms with Crippen LogP contribution in [0.15, 0.2) is 6.33 Å². The molecule has 1 aromatic rings. The largest absolute Gasteiger partial charge is 0.395 e. The summed E-state index contributed by atoms with van der Waals surface area (Å²) in [6.07, 6.45) is -0.729. The van der Waals surface area contributed by atoms with Crippen molar-refractivity contribution in [1.82, 2.24) is 9.97 Å². The SMILES string of the molecule is CCc1c(Cl)ncnc1N(CCO)CC(F)F. The first-order valence-corrected chi connectivity index (χ1v) is 5.61. The van der Waals surface area contributed by atoms with Gasteiger partial charge in [-0.2, -0.15) is 0 Å². The van der Waals surface area contributed by atoms with E-state index in [4.69, 9.17) is 16.7 Å². The van der Waals surface area contributed by atoms with Crippen molar-refractivity contribution in [2.24, 2.45) is 0 Å². The molecule has 1 heterocycles. The van der Waals surface area contributed by atoms with Crippen molar-refractivity contribution < 1.29 is 13.9 Å². The van der Waals surface area contributed by atoms with Gasteiger partial charge in [-0.15, -0.1) is 0 Å². The van der Waals surface area contributed by atoms with E-state index in [0.29, 0.717) is 17.8 Å². The standard InChI is InChI=1S/C10H14ClF2N3O/c1-2-7-9(11)14-6-15-10(7)16(3-4-17)5-8(12)13/h6,8,17H,2-5H2,1H3. The Bertz CT molecular complexity index is 365. The normalized spacial score (nSPS) is 10.9. The highest BCUT2D eigenvalue weighted by Gasteiger charge is 2.18. The van der Waals surface area contributed by atoms with E-state index in [1.54, 1.807) is 0 Å². The summed E-state index contributed by atoms with van der Waals surface area (Å²) in [5.74, 6) is 0.363. The molecule has 0 spiro atoms. The zero-order chi connectivity index (χ0) is 12.8. The minimum atomic E-state index is -2.50. The fraction of sp³-hybridized carbons (Fsp3) is 0.600. The fourth-order valence-corrected chi connectivity index (χ4v) is 1.79. The first kappa shape index (κ1) is 14.1. The third kappa shape index (κ3) is 3.74. The summed E-state index contributed by atoms with van der Waals surface area (Å²) in [4.78, 5) is 9.09. The number of halogens is 3. The maximum Gasteiger partial charge on any atom is 0.255 e. The summed E-state index contributed by atoms with van der Waals surface area (Å²) in [6, 6.07) is 0. The molecule has 0 saturated heterocycles. The van der Waals surface area contributed by atoms with Crippen LogP contribution in [0.25, 0.3) is 0 Å². The molecule has 0 aliphatic heterocycles. The van der Waals surface area contributed by atoms with Crippen molar-refractivity contribution in [3.05, 3.63) is 17.0 Å². The highest BCUT2D eigenvalue weighted by Crippen LogP contribution is 2.24. The van der Waals surface area contributed by atoms with E-state index < -0.39 is 13.0 Å². The second-order valence-corrected chi connectivity index (χ2v) is 3.74. The lowest BCUT2D eigenvalue weighted by molar-refractivity contribution is 0.152. The van der Waals surface area contributed by atoms with Gasteiger partial charge in [0.15, 0.2) is 0 Å². The van der Waals surface area contributed by atoms with Gasteiger partial charge in [-0.3, -0.25) is 0 Å². The molecule has 0 bridgehead atoms. The number of hydrogen-bond acceptors (Lipinski definition) is 4. The Morgan fingerprint density at radius 2 is 2.18 bits per heavy atom. The van der Waals surface area contributed by atoms with Crippen LogP contribution in [-0.2, 0) is 6.42 Å². The van der Waals surface area contributed by atoms with Crippen LogP contribution in [0.1, 0.15) is 12.5 Å². The van der Waals surface area contributed by atoms with E-state index in [-0.39, 0.29) is 18.3 Å². The summed E-state index contributed by atoms with van der Waals surface area (Å²) >= 11 is 5.88. The summed E-state index contributed by atoms with van der Waals surface area (Å²) in [5.41, 5.74) is 0.614. The van der Waals surface area contributed by atoms with Gasteiger partial charge < -0.3 is 10.0 Å². The maximum atomic E-state index is 12.4. The predicted octanol–water partition coefficient (Wildman–Crippen LogP) is 1.76. The van der Waals surface area contributed by atoms with Gasteiger partial charge in [-0.1, -0.05) is 18.5 Å². The molecule has 0 radical (unpaired) electrons. The Labute approximate surface area is 103 Å². The third-order valence-corrected chi connectivity index (χ3v) is 2.58. The van der Waals surface area contributed by atoms with E-state index in [1.807, 2.05) is 6.92 Å². The number of rotatable bonds is 6. The number of aromatic nitrogens is 2. The molecule has 0 atom stereocenters. The molecule has 0 saturated carbocycles. The van der Waals surface area contributed by atoms with Gasteiger partial charge in [-0.05, 0) is 6.42 Å². The number of aliphatic hydroxyl groups excluding tert-OH is 1. The van der Waals surface area contributed by atoms with Gasteiger partial charge in [0.05, 0.1) is 13.2 Å². The molecule has 96 valence electrons. The second kappa shape index (κ2) is 6.66. The highest BCUT2D eigenvalue weighted by atomic mass is 35.5. The molecule has 1 rings (SSSR count). The summed E-state index contributed by atoms with van der Waals surface area (Å²) < 4.78 is 24.9. The van der Waals surface area contributed by atoms with Crippen LogP contribution < -0.4 is 4.90 Å². The van der Waals surface area contributed by atoms with Crippen LogP contribution in [0.5, 0.6) is 0 Å². The molecule has 0 amide bonds. The lowest BCUT2D eigenvalue weighted by atomic mass is 10.2. The molecule has 0 unspecified atom stereocenters. The number of nitrogens with zero attached hydrogens (tertiary/aromatic N) is 3. The molecule has 1 N–H and O–H groups in total. The summed E-state index contributed by atoms with van der Waals surface area (Å²) in [7, 11) is 0. The lowest BCUT2D eigenvalue weighted by Gasteiger charge is -2.24. The third-order valence-electron chi connectivity index (χ3n) is 2.25. The quantitative estimate of drug-likeness (QED) is 0.797. The zero-order valence-electron chi connectivity index (χ0n) is 9.41. The smallest absolute Gasteiger partial charge is 0.255 e. The van der Waals surface area contributed by atoms with Crippen molar-refractivity contribution in [2.45, 2.75) is 19.8 Å². The van der Waals surface area contributed by atoms with E-state index in [1.165, 1.54) is 11.2 Å². The Morgan fingerprint density at radius 3 is 2.71 bits per heavy atom. The molecular formula is C10H14ClF2N3O. The average molecular weight is 266 g/mol. The minimum absolute atomic E-state index is 0.0880. The lowest BCUT2D eigenvalue weighted by Crippen LogP contribution is -2.33. The molecule has 0 aromatic carbocycles. The van der Waals surface area contributed by atoms with Crippen LogP contribution >= 0.6 is 11.6 Å². The van der Waals surface area contributed by atoms with E-state index >= 15 is 0 Å². The van der Waals surface area contributed by atoms with Crippen molar-refractivity contribution in [3.63, 3.8) is 0 Å². The first-order chi connectivity index (χ1) is 8.10. The monoisotopic (exact) mass is 265 g/mol. The van der Waals surface area contributed by atoms with Crippen molar-refractivity contribution in [1.29, 1.82) is 0 Å².